The van der Waals surface area contributed by atoms with E-state index < -0.39 is 17.9 Å². The molecule has 1 atom stereocenters. The van der Waals surface area contributed by atoms with Gasteiger partial charge in [0, 0.05) is 12.4 Å². The average molecular weight is 288 g/mol. The van der Waals surface area contributed by atoms with Crippen molar-refractivity contribution in [2.24, 2.45) is 0 Å². The summed E-state index contributed by atoms with van der Waals surface area (Å²) in [5.74, 6) is -0.979. The van der Waals surface area contributed by atoms with E-state index >= 15 is 0 Å². The van der Waals surface area contributed by atoms with Crippen molar-refractivity contribution < 1.29 is 23.8 Å². The molecule has 1 aromatic carbocycles. The molecule has 1 aromatic heterocycles. The number of amides is 1. The maximum absolute atomic E-state index is 12.0. The van der Waals surface area contributed by atoms with Gasteiger partial charge in [0.2, 0.25) is 0 Å². The first-order valence-corrected chi connectivity index (χ1v) is 6.28. The quantitative estimate of drug-likeness (QED) is 0.852. The van der Waals surface area contributed by atoms with Crippen molar-refractivity contribution in [1.29, 1.82) is 0 Å². The Hall–Kier alpha value is -2.76. The summed E-state index contributed by atoms with van der Waals surface area (Å²) < 4.78 is 10.0. The van der Waals surface area contributed by atoms with Gasteiger partial charge in [-0.15, -0.1) is 0 Å². The van der Waals surface area contributed by atoms with Crippen molar-refractivity contribution in [3.63, 3.8) is 0 Å². The Morgan fingerprint density at radius 2 is 2.00 bits per heavy atom. The Balaban J connectivity index is 2.17. The van der Waals surface area contributed by atoms with Crippen LogP contribution < -0.4 is 15.2 Å². The number of nitrogens with one attached hydrogen (secondary N) is 1. The van der Waals surface area contributed by atoms with E-state index in [1.807, 2.05) is 0 Å². The largest absolute Gasteiger partial charge is 0.550 e. The topological polar surface area (TPSA) is 91.6 Å². The minimum absolute atomic E-state index is 0.117. The number of methoxy groups -OCH3 is 1. The molecular formula is C15H14NO5-. The molecule has 0 aliphatic heterocycles. The first-order chi connectivity index (χ1) is 10.1. The van der Waals surface area contributed by atoms with Gasteiger partial charge in [-0.1, -0.05) is 12.1 Å². The van der Waals surface area contributed by atoms with Crippen LogP contribution in [0, 0.1) is 0 Å². The lowest BCUT2D eigenvalue weighted by Gasteiger charge is -2.19. The first-order valence-electron chi connectivity index (χ1n) is 6.28. The molecule has 1 N–H and O–H groups in total. The molecule has 6 nitrogen and oxygen atoms in total. The molecule has 0 saturated carbocycles. The average Bonchev–Trinajstić information content (AvgIpc) is 3.00. The number of carboxylic acids is 1. The molecule has 0 unspecified atom stereocenters. The van der Waals surface area contributed by atoms with E-state index in [0.29, 0.717) is 11.3 Å². The Kier molecular flexibility index (Phi) is 4.61. The summed E-state index contributed by atoms with van der Waals surface area (Å²) in [5.41, 5.74) is 0.639. The van der Waals surface area contributed by atoms with Gasteiger partial charge in [-0.2, -0.15) is 0 Å². The summed E-state index contributed by atoms with van der Waals surface area (Å²) in [5, 5.41) is 13.5. The summed E-state index contributed by atoms with van der Waals surface area (Å²) in [4.78, 5) is 22.8. The highest BCUT2D eigenvalue weighted by atomic mass is 16.5. The highest BCUT2D eigenvalue weighted by Crippen LogP contribution is 2.20. The van der Waals surface area contributed by atoms with Gasteiger partial charge in [0.15, 0.2) is 5.76 Å². The molecule has 6 heteroatoms. The van der Waals surface area contributed by atoms with Gasteiger partial charge in [0.05, 0.1) is 19.4 Å². The molecule has 1 heterocycles. The second-order valence-electron chi connectivity index (χ2n) is 4.35. The molecule has 0 fully saturated rings. The van der Waals surface area contributed by atoms with Crippen molar-refractivity contribution in [1.82, 2.24) is 5.32 Å². The SMILES string of the molecule is COc1ccc([C@@H](CC(=O)[O-])NC(=O)c2ccco2)cc1. The monoisotopic (exact) mass is 288 g/mol. The van der Waals surface area contributed by atoms with Crippen LogP contribution in [0.15, 0.2) is 47.1 Å². The predicted octanol–water partition coefficient (Wildman–Crippen LogP) is 0.899. The second-order valence-corrected chi connectivity index (χ2v) is 4.35. The molecule has 0 spiro atoms. The molecule has 2 rings (SSSR count). The second kappa shape index (κ2) is 6.60. The fraction of sp³-hybridized carbons (Fsp3) is 0.200. The van der Waals surface area contributed by atoms with E-state index in [1.165, 1.54) is 19.4 Å². The molecule has 0 radical (unpaired) electrons. The zero-order valence-corrected chi connectivity index (χ0v) is 11.4. The third kappa shape index (κ3) is 3.85. The smallest absolute Gasteiger partial charge is 0.287 e. The fourth-order valence-electron chi connectivity index (χ4n) is 1.89. The van der Waals surface area contributed by atoms with Crippen molar-refractivity contribution >= 4 is 11.9 Å². The molecule has 0 aliphatic rings. The Morgan fingerprint density at radius 1 is 1.29 bits per heavy atom. The molecular weight excluding hydrogens is 274 g/mol. The fourth-order valence-corrected chi connectivity index (χ4v) is 1.89. The number of rotatable bonds is 6. The van der Waals surface area contributed by atoms with Gasteiger partial charge in [-0.25, -0.2) is 0 Å². The maximum Gasteiger partial charge on any atom is 0.287 e. The number of carboxylic acid groups (broad SMARTS) is 1. The molecule has 0 bridgehead atoms. The van der Waals surface area contributed by atoms with Gasteiger partial charge in [0.25, 0.3) is 5.91 Å². The minimum atomic E-state index is -1.25. The number of carbonyl (C=O) groups is 2. The Morgan fingerprint density at radius 3 is 2.52 bits per heavy atom. The van der Waals surface area contributed by atoms with Gasteiger partial charge in [-0.3, -0.25) is 4.79 Å². The number of carbonyl (C=O) groups excluding carboxylic acids is 2. The van der Waals surface area contributed by atoms with Crippen LogP contribution in [0.3, 0.4) is 0 Å². The van der Waals surface area contributed by atoms with Crippen LogP contribution in [-0.2, 0) is 4.79 Å². The summed E-state index contributed by atoms with van der Waals surface area (Å²) >= 11 is 0. The molecule has 0 aliphatic carbocycles. The van der Waals surface area contributed by atoms with Crippen LogP contribution in [0.5, 0.6) is 5.75 Å². The van der Waals surface area contributed by atoms with E-state index in [1.54, 1.807) is 30.3 Å². The lowest BCUT2D eigenvalue weighted by molar-refractivity contribution is -0.306. The number of ether oxygens (including phenoxy) is 1. The standard InChI is InChI=1S/C15H15NO5/c1-20-11-6-4-10(5-7-11)12(9-14(17)18)16-15(19)13-3-2-8-21-13/h2-8,12H,9H2,1H3,(H,16,19)(H,17,18)/p-1/t12-/m1/s1. The maximum atomic E-state index is 12.0. The molecule has 0 saturated heterocycles. The number of furan rings is 1. The summed E-state index contributed by atoms with van der Waals surface area (Å²) in [6.45, 7) is 0. The summed E-state index contributed by atoms with van der Waals surface area (Å²) in [7, 11) is 1.53. The van der Waals surface area contributed by atoms with Gasteiger partial charge < -0.3 is 24.4 Å². The number of aliphatic carboxylic acids is 1. The lowest BCUT2D eigenvalue weighted by Crippen LogP contribution is -2.34. The van der Waals surface area contributed by atoms with E-state index in [-0.39, 0.29) is 12.2 Å². The predicted molar refractivity (Wildman–Crippen MR) is 71.5 cm³/mol. The Labute approximate surface area is 121 Å². The lowest BCUT2D eigenvalue weighted by atomic mass is 10.0. The molecule has 1 amide bonds. The number of hydrogen-bond acceptors (Lipinski definition) is 5. The highest BCUT2D eigenvalue weighted by Gasteiger charge is 2.17. The number of benzene rings is 1. The van der Waals surface area contributed by atoms with E-state index in [0.717, 1.165) is 0 Å². The first kappa shape index (κ1) is 14.6. The van der Waals surface area contributed by atoms with Crippen LogP contribution in [0.1, 0.15) is 28.6 Å². The zero-order chi connectivity index (χ0) is 15.2. The molecule has 2 aromatic rings. The van der Waals surface area contributed by atoms with Crippen molar-refractivity contribution in [3.05, 3.63) is 54.0 Å². The van der Waals surface area contributed by atoms with Gasteiger partial charge in [-0.05, 0) is 29.8 Å². The third-order valence-corrected chi connectivity index (χ3v) is 2.94. The summed E-state index contributed by atoms with van der Waals surface area (Å²) in [6, 6.07) is 9.13. The van der Waals surface area contributed by atoms with Gasteiger partial charge in [0.1, 0.15) is 5.75 Å². The van der Waals surface area contributed by atoms with Gasteiger partial charge >= 0.3 is 0 Å². The summed E-state index contributed by atoms with van der Waals surface area (Å²) in [6.07, 6.45) is 1.04. The zero-order valence-electron chi connectivity index (χ0n) is 11.4. The molecule has 21 heavy (non-hydrogen) atoms. The van der Waals surface area contributed by atoms with Crippen LogP contribution in [0.4, 0.5) is 0 Å². The normalized spacial score (nSPS) is 11.7. The van der Waals surface area contributed by atoms with Crippen LogP contribution in [0.2, 0.25) is 0 Å². The van der Waals surface area contributed by atoms with Crippen molar-refractivity contribution in [2.45, 2.75) is 12.5 Å². The van der Waals surface area contributed by atoms with E-state index in [9.17, 15) is 14.7 Å². The minimum Gasteiger partial charge on any atom is -0.550 e. The highest BCUT2D eigenvalue weighted by molar-refractivity contribution is 5.91. The Bertz CT molecular complexity index is 604. The van der Waals surface area contributed by atoms with E-state index in [2.05, 4.69) is 5.32 Å². The van der Waals surface area contributed by atoms with Crippen LogP contribution >= 0.6 is 0 Å². The number of hydrogen-bond donors (Lipinski definition) is 1. The van der Waals surface area contributed by atoms with E-state index in [4.69, 9.17) is 9.15 Å². The van der Waals surface area contributed by atoms with Crippen molar-refractivity contribution in [2.75, 3.05) is 7.11 Å². The molecule has 110 valence electrons. The van der Waals surface area contributed by atoms with Crippen LogP contribution in [0.25, 0.3) is 0 Å². The van der Waals surface area contributed by atoms with Crippen LogP contribution in [-0.4, -0.2) is 19.0 Å². The third-order valence-electron chi connectivity index (χ3n) is 2.94. The van der Waals surface area contributed by atoms with Crippen molar-refractivity contribution in [3.8, 4) is 5.75 Å².